The molecule has 7 heteroatoms. The minimum atomic E-state index is -0.570. The molecular weight excluding hydrogens is 327 g/mol. The molecule has 1 heterocycles. The smallest absolute Gasteiger partial charge is 0.272 e. The monoisotopic (exact) mass is 334 g/mol. The topological polar surface area (TPSA) is 65.3 Å². The Labute approximate surface area is 135 Å². The average molecular weight is 335 g/mol. The molecule has 0 saturated heterocycles. The first kappa shape index (κ1) is 14.6. The van der Waals surface area contributed by atoms with E-state index in [9.17, 15) is 10.1 Å². The molecule has 0 unspecified atom stereocenters. The van der Waals surface area contributed by atoms with Crippen molar-refractivity contribution in [2.45, 2.75) is 0 Å². The first-order valence-electron chi connectivity index (χ1n) is 6.20. The van der Waals surface area contributed by atoms with Gasteiger partial charge in [0.25, 0.3) is 5.69 Å². The summed E-state index contributed by atoms with van der Waals surface area (Å²) in [5.74, 6) is 0.599. The number of halogens is 2. The van der Waals surface area contributed by atoms with Crippen molar-refractivity contribution >= 4 is 39.8 Å². The van der Waals surface area contributed by atoms with Crippen molar-refractivity contribution in [1.29, 1.82) is 0 Å². The SMILES string of the molecule is O=[N+]([O-])c1cc(Cl)c(Oc2cnc3ccccc3c2)c(Cl)c1. The first-order valence-corrected chi connectivity index (χ1v) is 6.96. The van der Waals surface area contributed by atoms with Gasteiger partial charge in [-0.15, -0.1) is 0 Å². The van der Waals surface area contributed by atoms with Gasteiger partial charge in [-0.05, 0) is 12.1 Å². The van der Waals surface area contributed by atoms with Crippen LogP contribution in [0, 0.1) is 10.1 Å². The summed E-state index contributed by atoms with van der Waals surface area (Å²) in [6.45, 7) is 0. The predicted octanol–water partition coefficient (Wildman–Crippen LogP) is 5.24. The van der Waals surface area contributed by atoms with E-state index >= 15 is 0 Å². The number of rotatable bonds is 3. The number of fused-ring (bicyclic) bond motifs is 1. The van der Waals surface area contributed by atoms with Gasteiger partial charge in [-0.25, -0.2) is 0 Å². The molecule has 0 aliphatic heterocycles. The van der Waals surface area contributed by atoms with Crippen LogP contribution in [0.5, 0.6) is 11.5 Å². The number of aromatic nitrogens is 1. The van der Waals surface area contributed by atoms with Crippen LogP contribution >= 0.6 is 23.2 Å². The quantitative estimate of drug-likeness (QED) is 0.485. The van der Waals surface area contributed by atoms with Gasteiger partial charge in [0, 0.05) is 17.5 Å². The maximum Gasteiger partial charge on any atom is 0.272 e. The summed E-state index contributed by atoms with van der Waals surface area (Å²) in [7, 11) is 0. The fourth-order valence-electron chi connectivity index (χ4n) is 1.97. The van der Waals surface area contributed by atoms with Crippen LogP contribution in [-0.2, 0) is 0 Å². The molecule has 5 nitrogen and oxygen atoms in total. The second-order valence-corrected chi connectivity index (χ2v) is 5.28. The predicted molar refractivity (Wildman–Crippen MR) is 84.9 cm³/mol. The molecule has 0 aliphatic rings. The zero-order valence-electron chi connectivity index (χ0n) is 11.0. The minimum absolute atomic E-state index is 0.0624. The van der Waals surface area contributed by atoms with Crippen molar-refractivity contribution in [3.8, 4) is 11.5 Å². The van der Waals surface area contributed by atoms with Crippen LogP contribution in [0.15, 0.2) is 48.7 Å². The van der Waals surface area contributed by atoms with Crippen LogP contribution in [0.3, 0.4) is 0 Å². The summed E-state index contributed by atoms with van der Waals surface area (Å²) in [6, 6.07) is 11.7. The van der Waals surface area contributed by atoms with E-state index in [0.29, 0.717) is 5.75 Å². The van der Waals surface area contributed by atoms with Gasteiger partial charge in [-0.3, -0.25) is 15.1 Å². The van der Waals surface area contributed by atoms with E-state index < -0.39 is 4.92 Å². The largest absolute Gasteiger partial charge is 0.453 e. The zero-order valence-corrected chi connectivity index (χ0v) is 12.5. The summed E-state index contributed by atoms with van der Waals surface area (Å²) in [4.78, 5) is 14.5. The van der Waals surface area contributed by atoms with E-state index in [1.807, 2.05) is 24.3 Å². The second kappa shape index (κ2) is 5.79. The first-order chi connectivity index (χ1) is 10.5. The molecule has 0 N–H and O–H groups in total. The Morgan fingerprint density at radius 1 is 1.09 bits per heavy atom. The molecule has 3 aromatic rings. The highest BCUT2D eigenvalue weighted by atomic mass is 35.5. The van der Waals surface area contributed by atoms with E-state index in [0.717, 1.165) is 10.9 Å². The van der Waals surface area contributed by atoms with Gasteiger partial charge in [-0.2, -0.15) is 0 Å². The van der Waals surface area contributed by atoms with Gasteiger partial charge >= 0.3 is 0 Å². The third kappa shape index (κ3) is 2.81. The van der Waals surface area contributed by atoms with E-state index in [-0.39, 0.29) is 21.5 Å². The number of benzene rings is 2. The summed E-state index contributed by atoms with van der Waals surface area (Å²) in [6.07, 6.45) is 1.54. The van der Waals surface area contributed by atoms with Crippen LogP contribution in [0.25, 0.3) is 10.9 Å². The fraction of sp³-hybridized carbons (Fsp3) is 0. The van der Waals surface area contributed by atoms with E-state index in [1.54, 1.807) is 6.07 Å². The molecule has 0 bridgehead atoms. The number of nitrogens with zero attached hydrogens (tertiary/aromatic N) is 2. The molecule has 110 valence electrons. The summed E-state index contributed by atoms with van der Waals surface area (Å²) < 4.78 is 5.63. The maximum atomic E-state index is 10.8. The Hall–Kier alpha value is -2.37. The lowest BCUT2D eigenvalue weighted by atomic mass is 10.2. The molecule has 0 spiro atoms. The van der Waals surface area contributed by atoms with Gasteiger partial charge in [0.1, 0.15) is 5.75 Å². The van der Waals surface area contributed by atoms with Gasteiger partial charge in [0.2, 0.25) is 0 Å². The number of non-ortho nitro benzene ring substituents is 1. The maximum absolute atomic E-state index is 10.8. The Morgan fingerprint density at radius 3 is 2.45 bits per heavy atom. The zero-order chi connectivity index (χ0) is 15.7. The average Bonchev–Trinajstić information content (AvgIpc) is 2.50. The third-order valence-corrected chi connectivity index (χ3v) is 3.54. The van der Waals surface area contributed by atoms with Crippen molar-refractivity contribution in [2.24, 2.45) is 0 Å². The standard InChI is InChI=1S/C15H8Cl2N2O3/c16-12-6-10(19(20)21)7-13(17)15(12)22-11-5-9-3-1-2-4-14(9)18-8-11/h1-8H. The van der Waals surface area contributed by atoms with Gasteiger partial charge in [-0.1, -0.05) is 41.4 Å². The normalized spacial score (nSPS) is 10.6. The van der Waals surface area contributed by atoms with E-state index in [2.05, 4.69) is 4.98 Å². The molecule has 0 radical (unpaired) electrons. The lowest BCUT2D eigenvalue weighted by Gasteiger charge is -2.09. The number of para-hydroxylation sites is 1. The molecule has 1 aromatic heterocycles. The van der Waals surface area contributed by atoms with Gasteiger partial charge in [0.15, 0.2) is 5.75 Å². The number of hydrogen-bond acceptors (Lipinski definition) is 4. The highest BCUT2D eigenvalue weighted by Gasteiger charge is 2.16. The van der Waals surface area contributed by atoms with Crippen molar-refractivity contribution < 1.29 is 9.66 Å². The molecule has 0 aliphatic carbocycles. The van der Waals surface area contributed by atoms with Crippen LogP contribution in [0.2, 0.25) is 10.0 Å². The molecule has 0 fully saturated rings. The Bertz CT molecular complexity index is 861. The lowest BCUT2D eigenvalue weighted by Crippen LogP contribution is -1.92. The van der Waals surface area contributed by atoms with Crippen molar-refractivity contribution in [3.05, 3.63) is 68.8 Å². The Balaban J connectivity index is 1.99. The molecule has 0 amide bonds. The highest BCUT2D eigenvalue weighted by molar-refractivity contribution is 6.37. The Kier molecular flexibility index (Phi) is 3.83. The number of pyridine rings is 1. The number of ether oxygens (including phenoxy) is 1. The van der Waals surface area contributed by atoms with Crippen LogP contribution in [0.4, 0.5) is 5.69 Å². The van der Waals surface area contributed by atoms with E-state index in [4.69, 9.17) is 27.9 Å². The van der Waals surface area contributed by atoms with Crippen LogP contribution in [-0.4, -0.2) is 9.91 Å². The number of hydrogen-bond donors (Lipinski definition) is 0. The molecule has 3 rings (SSSR count). The fourth-order valence-corrected chi connectivity index (χ4v) is 2.53. The Morgan fingerprint density at radius 2 is 1.77 bits per heavy atom. The summed E-state index contributed by atoms with van der Waals surface area (Å²) >= 11 is 12.0. The molecule has 0 atom stereocenters. The highest BCUT2D eigenvalue weighted by Crippen LogP contribution is 2.39. The van der Waals surface area contributed by atoms with Gasteiger partial charge in [0.05, 0.1) is 26.7 Å². The molecule has 22 heavy (non-hydrogen) atoms. The second-order valence-electron chi connectivity index (χ2n) is 4.46. The molecular formula is C15H8Cl2N2O3. The minimum Gasteiger partial charge on any atom is -0.453 e. The lowest BCUT2D eigenvalue weighted by molar-refractivity contribution is -0.384. The molecule has 0 saturated carbocycles. The molecule has 2 aromatic carbocycles. The van der Waals surface area contributed by atoms with Crippen LogP contribution in [0.1, 0.15) is 0 Å². The van der Waals surface area contributed by atoms with Crippen molar-refractivity contribution in [2.75, 3.05) is 0 Å². The number of nitro benzene ring substituents is 1. The number of nitro groups is 1. The van der Waals surface area contributed by atoms with Crippen LogP contribution < -0.4 is 4.74 Å². The van der Waals surface area contributed by atoms with Crippen molar-refractivity contribution in [1.82, 2.24) is 4.98 Å². The van der Waals surface area contributed by atoms with Crippen molar-refractivity contribution in [3.63, 3.8) is 0 Å². The third-order valence-electron chi connectivity index (χ3n) is 2.98. The van der Waals surface area contributed by atoms with E-state index in [1.165, 1.54) is 18.3 Å². The summed E-state index contributed by atoms with van der Waals surface area (Å²) in [5.41, 5.74) is 0.634. The van der Waals surface area contributed by atoms with Gasteiger partial charge < -0.3 is 4.74 Å². The summed E-state index contributed by atoms with van der Waals surface area (Å²) in [5, 5.41) is 11.8.